The summed E-state index contributed by atoms with van der Waals surface area (Å²) in [5.41, 5.74) is 3.02. The quantitative estimate of drug-likeness (QED) is 0.821. The average Bonchev–Trinajstić information content (AvgIpc) is 2.83. The molecule has 0 saturated heterocycles. The molecule has 6 heteroatoms. The summed E-state index contributed by atoms with van der Waals surface area (Å²) in [6.07, 6.45) is 1.82. The van der Waals surface area contributed by atoms with Gasteiger partial charge in [0.05, 0.1) is 0 Å². The molecule has 88 valence electrons. The summed E-state index contributed by atoms with van der Waals surface area (Å²) in [4.78, 5) is 18.6. The van der Waals surface area contributed by atoms with Crippen molar-refractivity contribution < 1.29 is 10.6 Å². The van der Waals surface area contributed by atoms with Gasteiger partial charge in [-0.1, -0.05) is 11.8 Å². The normalized spacial score (nSPS) is 11.1. The van der Waals surface area contributed by atoms with Gasteiger partial charge in [-0.15, -0.1) is 0 Å². The van der Waals surface area contributed by atoms with Crippen molar-refractivity contribution in [3.8, 4) is 11.3 Å². The van der Waals surface area contributed by atoms with Gasteiger partial charge in [-0.2, -0.15) is 0 Å². The Morgan fingerprint density at radius 2 is 2.24 bits per heavy atom. The van der Waals surface area contributed by atoms with Crippen LogP contribution in [0.1, 0.15) is 10.5 Å². The Kier molecular flexibility index (Phi) is 2.79. The lowest BCUT2D eigenvalue weighted by atomic mass is 10.1. The van der Waals surface area contributed by atoms with E-state index in [1.165, 1.54) is 36.0 Å². The third kappa shape index (κ3) is 2.31. The van der Waals surface area contributed by atoms with Crippen LogP contribution in [0.5, 0.6) is 0 Å². The number of nitrogens with two attached hydrogens (primary N) is 1. The number of carbonyl (C=O) groups excluding carboxylic acids is 1. The molecular formula is C11H10FN3OS. The van der Waals surface area contributed by atoms with Crippen molar-refractivity contribution in [2.45, 2.75) is 5.16 Å². The summed E-state index contributed by atoms with van der Waals surface area (Å²) < 4.78 is 19.7. The van der Waals surface area contributed by atoms with Crippen molar-refractivity contribution in [1.82, 2.24) is 9.97 Å². The summed E-state index contributed by atoms with van der Waals surface area (Å²) in [5.74, 6) is -0.937. The fourth-order valence-corrected chi connectivity index (χ4v) is 1.82. The summed E-state index contributed by atoms with van der Waals surface area (Å²) >= 11 is 1.35. The molecular weight excluding hydrogens is 241 g/mol. The number of benzene rings is 1. The molecule has 2 aromatic rings. The molecule has 1 amide bonds. The Balaban J connectivity index is 2.51. The molecule has 1 heterocycles. The second-order valence-corrected chi connectivity index (χ2v) is 4.10. The van der Waals surface area contributed by atoms with E-state index >= 15 is 0 Å². The Morgan fingerprint density at radius 1 is 1.53 bits per heavy atom. The molecule has 0 atom stereocenters. The van der Waals surface area contributed by atoms with Crippen molar-refractivity contribution in [2.75, 3.05) is 6.26 Å². The number of nitrogens with one attached hydrogen (secondary N) is 1. The van der Waals surface area contributed by atoms with Crippen LogP contribution in [0.3, 0.4) is 0 Å². The van der Waals surface area contributed by atoms with Gasteiger partial charge in [0.15, 0.2) is 6.57 Å². The van der Waals surface area contributed by atoms with Crippen LogP contribution in [0.15, 0.2) is 29.4 Å². The van der Waals surface area contributed by atoms with Crippen LogP contribution in [0, 0.1) is 5.82 Å². The number of primary amides is 1. The predicted octanol–water partition coefficient (Wildman–Crippen LogP) is 2.04. The first kappa shape index (κ1) is 10.3. The number of aromatic nitrogens is 2. The molecule has 17 heavy (non-hydrogen) atoms. The van der Waals surface area contributed by atoms with Gasteiger partial charge in [0.1, 0.15) is 17.2 Å². The molecule has 0 saturated carbocycles. The molecule has 0 spiro atoms. The van der Waals surface area contributed by atoms with E-state index in [2.05, 4.69) is 9.97 Å². The predicted molar refractivity (Wildman–Crippen MR) is 64.3 cm³/mol. The number of halogens is 1. The summed E-state index contributed by atoms with van der Waals surface area (Å²) in [6.45, 7) is 0. The van der Waals surface area contributed by atoms with Crippen LogP contribution in [-0.2, 0) is 0 Å². The first-order valence-corrected chi connectivity index (χ1v) is 6.00. The van der Waals surface area contributed by atoms with Gasteiger partial charge in [-0.25, -0.2) is 9.37 Å². The van der Waals surface area contributed by atoms with Crippen LogP contribution < -0.4 is 5.73 Å². The van der Waals surface area contributed by atoms with Crippen molar-refractivity contribution >= 4 is 17.7 Å². The Hall–Kier alpha value is -1.82. The molecule has 1 aromatic carbocycles. The lowest BCUT2D eigenvalue weighted by Gasteiger charge is -1.98. The summed E-state index contributed by atoms with van der Waals surface area (Å²) in [5, 5.41) is 0.563. The van der Waals surface area contributed by atoms with Crippen molar-refractivity contribution in [3.05, 3.63) is 35.8 Å². The van der Waals surface area contributed by atoms with Crippen LogP contribution >= 0.6 is 11.8 Å². The van der Waals surface area contributed by atoms with E-state index in [0.717, 1.165) is 0 Å². The van der Waals surface area contributed by atoms with Gasteiger partial charge < -0.3 is 10.7 Å². The number of amides is 1. The maximum Gasteiger partial charge on any atom is 0.267 e. The molecule has 0 aliphatic carbocycles. The molecule has 0 fully saturated rings. The zero-order valence-corrected chi connectivity index (χ0v) is 9.77. The fraction of sp³-hybridized carbons (Fsp3) is 0.0909. The second kappa shape index (κ2) is 4.58. The SMILES string of the molecule is [2H]NC(=O)c1[nH]c(SC)nc1-c1ccc(F)cc1. The highest BCUT2D eigenvalue weighted by atomic mass is 32.2. The summed E-state index contributed by atoms with van der Waals surface area (Å²) in [7, 11) is 0. The molecule has 2 rings (SSSR count). The monoisotopic (exact) mass is 252 g/mol. The van der Waals surface area contributed by atoms with Gasteiger partial charge in [-0.3, -0.25) is 4.79 Å². The smallest absolute Gasteiger partial charge is 0.267 e. The van der Waals surface area contributed by atoms with Crippen molar-refractivity contribution in [2.24, 2.45) is 5.73 Å². The third-order valence-corrected chi connectivity index (χ3v) is 2.80. The number of aromatic amines is 1. The van der Waals surface area contributed by atoms with E-state index in [-0.39, 0.29) is 11.5 Å². The van der Waals surface area contributed by atoms with Crippen LogP contribution in [0.25, 0.3) is 11.3 Å². The maximum absolute atomic E-state index is 12.9. The Labute approximate surface area is 103 Å². The molecule has 4 nitrogen and oxygen atoms in total. The molecule has 0 unspecified atom stereocenters. The highest BCUT2D eigenvalue weighted by Gasteiger charge is 2.16. The average molecular weight is 252 g/mol. The number of hydrogen-bond acceptors (Lipinski definition) is 3. The topological polar surface area (TPSA) is 71.8 Å². The zero-order valence-electron chi connectivity index (χ0n) is 9.95. The van der Waals surface area contributed by atoms with Crippen LogP contribution in [0.2, 0.25) is 1.41 Å². The van der Waals surface area contributed by atoms with E-state index in [9.17, 15) is 9.18 Å². The van der Waals surface area contributed by atoms with Gasteiger partial charge in [-0.05, 0) is 30.5 Å². The minimum absolute atomic E-state index is 0.195. The van der Waals surface area contributed by atoms with Crippen LogP contribution in [-0.4, -0.2) is 22.1 Å². The van der Waals surface area contributed by atoms with E-state index in [1.807, 2.05) is 6.26 Å². The fourth-order valence-electron chi connectivity index (χ4n) is 1.43. The third-order valence-electron chi connectivity index (χ3n) is 2.22. The van der Waals surface area contributed by atoms with Crippen molar-refractivity contribution in [1.29, 1.82) is 0 Å². The molecule has 0 aliphatic rings. The van der Waals surface area contributed by atoms with Crippen LogP contribution in [0.4, 0.5) is 4.39 Å². The van der Waals surface area contributed by atoms with Gasteiger partial charge >= 0.3 is 0 Å². The maximum atomic E-state index is 12.9. The highest BCUT2D eigenvalue weighted by Crippen LogP contribution is 2.24. The number of thioether (sulfide) groups is 1. The highest BCUT2D eigenvalue weighted by molar-refractivity contribution is 7.98. The number of carbonyl (C=O) groups is 1. The van der Waals surface area contributed by atoms with E-state index < -0.39 is 5.91 Å². The second-order valence-electron chi connectivity index (χ2n) is 3.31. The molecule has 1 aromatic heterocycles. The Morgan fingerprint density at radius 3 is 2.82 bits per heavy atom. The van der Waals surface area contributed by atoms with E-state index in [1.54, 1.807) is 5.73 Å². The molecule has 3 N–H and O–H groups in total. The zero-order chi connectivity index (χ0) is 13.1. The van der Waals surface area contributed by atoms with Gasteiger partial charge in [0.2, 0.25) is 0 Å². The number of rotatable bonds is 3. The van der Waals surface area contributed by atoms with E-state index in [0.29, 0.717) is 16.4 Å². The minimum atomic E-state index is -0.581. The first-order chi connectivity index (χ1) is 8.65. The van der Waals surface area contributed by atoms with Gasteiger partial charge in [0, 0.05) is 5.56 Å². The largest absolute Gasteiger partial charge is 0.364 e. The van der Waals surface area contributed by atoms with E-state index in [4.69, 9.17) is 1.41 Å². The Bertz CT molecular complexity index is 570. The number of imidazole rings is 1. The lowest BCUT2D eigenvalue weighted by molar-refractivity contribution is 0.0996. The number of nitrogens with zero attached hydrogens (tertiary/aromatic N) is 1. The molecule has 0 aliphatic heterocycles. The first-order valence-electron chi connectivity index (χ1n) is 5.27. The number of hydrogen-bond donors (Lipinski definition) is 2. The number of H-pyrrole nitrogens is 1. The lowest BCUT2D eigenvalue weighted by Crippen LogP contribution is -2.12. The van der Waals surface area contributed by atoms with Crippen molar-refractivity contribution in [3.63, 3.8) is 0 Å². The minimum Gasteiger partial charge on any atom is -0.364 e. The van der Waals surface area contributed by atoms with Gasteiger partial charge in [0.25, 0.3) is 5.91 Å². The standard InChI is InChI=1S/C11H10FN3OS/c1-17-11-14-8(9(15-11)10(13)16)6-2-4-7(12)5-3-6/h2-5H,1H3,(H2,13,16)(H,14,15)/i/hD. The summed E-state index contributed by atoms with van der Waals surface area (Å²) in [6, 6.07) is 5.67. The molecule has 0 bridgehead atoms. The molecule has 0 radical (unpaired) electrons.